The minimum Gasteiger partial charge on any atom is -0.452 e. The number of rotatable bonds is 6. The van der Waals surface area contributed by atoms with Gasteiger partial charge in [0, 0.05) is 15.9 Å². The molecule has 1 heterocycles. The van der Waals surface area contributed by atoms with Crippen molar-refractivity contribution in [3.8, 4) is 0 Å². The number of nitrogens with one attached hydrogen (secondary N) is 1. The molecule has 4 nitrogen and oxygen atoms in total. The molecule has 0 aliphatic carbocycles. The molecule has 0 aliphatic heterocycles. The Balaban J connectivity index is 1.70. The lowest BCUT2D eigenvalue weighted by molar-refractivity contribution is -0.124. The molecule has 0 aliphatic rings. The molecule has 0 saturated carbocycles. The van der Waals surface area contributed by atoms with Gasteiger partial charge in [0.25, 0.3) is 5.91 Å². The summed E-state index contributed by atoms with van der Waals surface area (Å²) in [6.07, 6.45) is 0.781. The van der Waals surface area contributed by atoms with Gasteiger partial charge in [-0.15, -0.1) is 11.3 Å². The van der Waals surface area contributed by atoms with Crippen molar-refractivity contribution in [2.45, 2.75) is 6.42 Å². The third kappa shape index (κ3) is 5.32. The minimum atomic E-state index is -0.510. The van der Waals surface area contributed by atoms with Crippen LogP contribution >= 0.6 is 27.3 Å². The molecule has 0 unspecified atom stereocenters. The van der Waals surface area contributed by atoms with Crippen molar-refractivity contribution in [2.24, 2.45) is 0 Å². The Bertz CT molecular complexity index is 613. The lowest BCUT2D eigenvalue weighted by atomic mass is 10.2. The number of thiophene rings is 1. The zero-order chi connectivity index (χ0) is 15.1. The number of amides is 1. The van der Waals surface area contributed by atoms with Crippen LogP contribution in [0.25, 0.3) is 0 Å². The predicted molar refractivity (Wildman–Crippen MR) is 85.5 cm³/mol. The van der Waals surface area contributed by atoms with Crippen LogP contribution in [-0.2, 0) is 16.0 Å². The van der Waals surface area contributed by atoms with Crippen LogP contribution in [0.15, 0.2) is 46.3 Å². The standard InChI is InChI=1S/C15H14BrNO3S/c16-12-4-1-3-11(9-12)15(19)20-10-14(18)17-7-6-13-5-2-8-21-13/h1-5,8-9H,6-7,10H2,(H,17,18). The van der Waals surface area contributed by atoms with E-state index < -0.39 is 5.97 Å². The molecule has 1 amide bonds. The molecule has 6 heteroatoms. The fraction of sp³-hybridized carbons (Fsp3) is 0.200. The second kappa shape index (κ2) is 7.95. The molecular weight excluding hydrogens is 354 g/mol. The van der Waals surface area contributed by atoms with Gasteiger partial charge in [0.1, 0.15) is 0 Å². The van der Waals surface area contributed by atoms with E-state index in [2.05, 4.69) is 21.2 Å². The molecule has 1 aromatic heterocycles. The Kier molecular flexibility index (Phi) is 5.95. The van der Waals surface area contributed by atoms with Gasteiger partial charge in [-0.25, -0.2) is 4.79 Å². The molecule has 1 aromatic carbocycles. The third-order valence-corrected chi connectivity index (χ3v) is 4.10. The molecule has 0 saturated heterocycles. The predicted octanol–water partition coefficient (Wildman–Crippen LogP) is 3.03. The summed E-state index contributed by atoms with van der Waals surface area (Å²) in [6.45, 7) is 0.267. The molecule has 110 valence electrons. The SMILES string of the molecule is O=C(COC(=O)c1cccc(Br)c1)NCCc1cccs1. The zero-order valence-corrected chi connectivity index (χ0v) is 13.6. The van der Waals surface area contributed by atoms with Crippen molar-refractivity contribution in [1.29, 1.82) is 0 Å². The Morgan fingerprint density at radius 1 is 1.24 bits per heavy atom. The summed E-state index contributed by atoms with van der Waals surface area (Å²) in [5.41, 5.74) is 0.413. The van der Waals surface area contributed by atoms with E-state index in [9.17, 15) is 9.59 Å². The molecule has 0 radical (unpaired) electrons. The highest BCUT2D eigenvalue weighted by Crippen LogP contribution is 2.12. The molecule has 0 fully saturated rings. The van der Waals surface area contributed by atoms with Crippen LogP contribution in [0.3, 0.4) is 0 Å². The van der Waals surface area contributed by atoms with E-state index in [0.29, 0.717) is 12.1 Å². The summed E-state index contributed by atoms with van der Waals surface area (Å²) >= 11 is 4.93. The van der Waals surface area contributed by atoms with Crippen LogP contribution in [0, 0.1) is 0 Å². The Hall–Kier alpha value is -1.66. The smallest absolute Gasteiger partial charge is 0.338 e. The largest absolute Gasteiger partial charge is 0.452 e. The quantitative estimate of drug-likeness (QED) is 0.798. The lowest BCUT2D eigenvalue weighted by Gasteiger charge is -2.06. The number of ether oxygens (including phenoxy) is 1. The van der Waals surface area contributed by atoms with E-state index in [0.717, 1.165) is 10.9 Å². The summed E-state index contributed by atoms with van der Waals surface area (Å²) in [4.78, 5) is 24.5. The zero-order valence-electron chi connectivity index (χ0n) is 11.2. The van der Waals surface area contributed by atoms with Gasteiger partial charge < -0.3 is 10.1 Å². The number of hydrogen-bond acceptors (Lipinski definition) is 4. The molecule has 0 atom stereocenters. The van der Waals surface area contributed by atoms with Gasteiger partial charge in [-0.05, 0) is 36.1 Å². The average molecular weight is 368 g/mol. The topological polar surface area (TPSA) is 55.4 Å². The van der Waals surface area contributed by atoms with Gasteiger partial charge in [-0.2, -0.15) is 0 Å². The van der Waals surface area contributed by atoms with Gasteiger partial charge in [-0.3, -0.25) is 4.79 Å². The molecule has 21 heavy (non-hydrogen) atoms. The van der Waals surface area contributed by atoms with Crippen molar-refractivity contribution in [1.82, 2.24) is 5.32 Å². The number of esters is 1. The van der Waals surface area contributed by atoms with E-state index in [4.69, 9.17) is 4.74 Å². The summed E-state index contributed by atoms with van der Waals surface area (Å²) in [7, 11) is 0. The second-order valence-electron chi connectivity index (χ2n) is 4.27. The lowest BCUT2D eigenvalue weighted by Crippen LogP contribution is -2.30. The van der Waals surface area contributed by atoms with Gasteiger partial charge in [0.15, 0.2) is 6.61 Å². The molecular formula is C15H14BrNO3S. The number of benzene rings is 1. The molecule has 1 N–H and O–H groups in total. The molecule has 2 aromatic rings. The van der Waals surface area contributed by atoms with Crippen LogP contribution in [0.4, 0.5) is 0 Å². The van der Waals surface area contributed by atoms with Crippen LogP contribution < -0.4 is 5.32 Å². The monoisotopic (exact) mass is 367 g/mol. The van der Waals surface area contributed by atoms with E-state index in [1.165, 1.54) is 4.88 Å². The summed E-state index contributed by atoms with van der Waals surface area (Å²) in [6, 6.07) is 10.8. The second-order valence-corrected chi connectivity index (χ2v) is 6.21. The highest BCUT2D eigenvalue weighted by Gasteiger charge is 2.10. The number of hydrogen-bond donors (Lipinski definition) is 1. The molecule has 0 spiro atoms. The normalized spacial score (nSPS) is 10.1. The summed E-state index contributed by atoms with van der Waals surface area (Å²) in [5, 5.41) is 4.72. The average Bonchev–Trinajstić information content (AvgIpc) is 2.98. The van der Waals surface area contributed by atoms with E-state index in [1.807, 2.05) is 23.6 Å². The van der Waals surface area contributed by atoms with Gasteiger partial charge in [0.2, 0.25) is 0 Å². The first-order valence-corrected chi connectivity index (χ1v) is 8.04. The van der Waals surface area contributed by atoms with Gasteiger partial charge in [0.05, 0.1) is 5.56 Å². The van der Waals surface area contributed by atoms with Crippen molar-refractivity contribution in [3.05, 3.63) is 56.7 Å². The Morgan fingerprint density at radius 3 is 2.81 bits per heavy atom. The van der Waals surface area contributed by atoms with Crippen LogP contribution in [0.1, 0.15) is 15.2 Å². The maximum Gasteiger partial charge on any atom is 0.338 e. The van der Waals surface area contributed by atoms with Crippen molar-refractivity contribution in [3.63, 3.8) is 0 Å². The van der Waals surface area contributed by atoms with E-state index in [1.54, 1.807) is 29.5 Å². The van der Waals surface area contributed by atoms with Crippen molar-refractivity contribution >= 4 is 39.1 Å². The maximum atomic E-state index is 11.7. The number of halogens is 1. The highest BCUT2D eigenvalue weighted by molar-refractivity contribution is 9.10. The van der Waals surface area contributed by atoms with Crippen molar-refractivity contribution in [2.75, 3.05) is 13.2 Å². The Labute approximate surface area is 135 Å². The first-order chi connectivity index (χ1) is 10.1. The summed E-state index contributed by atoms with van der Waals surface area (Å²) in [5.74, 6) is -0.806. The van der Waals surface area contributed by atoms with Crippen LogP contribution in [0.2, 0.25) is 0 Å². The third-order valence-electron chi connectivity index (χ3n) is 2.67. The van der Waals surface area contributed by atoms with E-state index in [-0.39, 0.29) is 12.5 Å². The van der Waals surface area contributed by atoms with Crippen LogP contribution in [-0.4, -0.2) is 25.0 Å². The minimum absolute atomic E-state index is 0.268. The highest BCUT2D eigenvalue weighted by atomic mass is 79.9. The number of carbonyl (C=O) groups is 2. The summed E-state index contributed by atoms with van der Waals surface area (Å²) < 4.78 is 5.75. The van der Waals surface area contributed by atoms with Gasteiger partial charge in [-0.1, -0.05) is 28.1 Å². The fourth-order valence-corrected chi connectivity index (χ4v) is 2.77. The number of carbonyl (C=O) groups excluding carboxylic acids is 2. The molecule has 0 bridgehead atoms. The molecule has 2 rings (SSSR count). The first kappa shape index (κ1) is 15.7. The maximum absolute atomic E-state index is 11.7. The Morgan fingerprint density at radius 2 is 2.10 bits per heavy atom. The van der Waals surface area contributed by atoms with Crippen LogP contribution in [0.5, 0.6) is 0 Å². The van der Waals surface area contributed by atoms with Gasteiger partial charge >= 0.3 is 5.97 Å². The fourth-order valence-electron chi connectivity index (χ4n) is 1.66. The van der Waals surface area contributed by atoms with Crippen molar-refractivity contribution < 1.29 is 14.3 Å². The van der Waals surface area contributed by atoms with E-state index >= 15 is 0 Å². The first-order valence-electron chi connectivity index (χ1n) is 6.37.